The van der Waals surface area contributed by atoms with Crippen molar-refractivity contribution in [2.75, 3.05) is 0 Å². The summed E-state index contributed by atoms with van der Waals surface area (Å²) in [5.74, 6) is 0. The van der Waals surface area contributed by atoms with Crippen molar-refractivity contribution in [1.29, 1.82) is 5.59 Å². The molecule has 0 saturated heterocycles. The van der Waals surface area contributed by atoms with Crippen molar-refractivity contribution in [3.05, 3.63) is 4.91 Å². The molecule has 0 rings (SSSR count). The fourth-order valence-electron chi connectivity index (χ4n) is 0. The van der Waals surface area contributed by atoms with Gasteiger partial charge in [-0.05, 0) is 0 Å². The molecule has 0 aliphatic carbocycles. The summed E-state index contributed by atoms with van der Waals surface area (Å²) in [5.41, 5.74) is 4.50. The molecule has 1 N–H and O–H groups in total. The molecule has 0 aromatic heterocycles. The first kappa shape index (κ1) is 20.5. The summed E-state index contributed by atoms with van der Waals surface area (Å²) in [6, 6.07) is 0. The van der Waals surface area contributed by atoms with Gasteiger partial charge in [0, 0.05) is 43.7 Å². The molecule has 0 amide bonds. The number of rotatable bonds is 0. The molecule has 5 radical (unpaired) electrons. The largest absolute Gasteiger partial charge is 0.154 e. The van der Waals surface area contributed by atoms with E-state index in [1.54, 1.807) is 0 Å². The van der Waals surface area contributed by atoms with E-state index < -0.39 is 0 Å². The van der Waals surface area contributed by atoms with E-state index in [1.807, 2.05) is 0 Å². The standard InChI is InChI=1S/HNO.Si.Y/c1-2;;/h1H;;. The van der Waals surface area contributed by atoms with Crippen LogP contribution >= 0.6 is 0 Å². The van der Waals surface area contributed by atoms with Gasteiger partial charge in [-0.1, -0.05) is 5.59 Å². The van der Waals surface area contributed by atoms with Crippen LogP contribution in [0, 0.1) is 10.5 Å². The predicted molar refractivity (Wildman–Crippen MR) is 11.8 cm³/mol. The van der Waals surface area contributed by atoms with Crippen LogP contribution in [0.25, 0.3) is 0 Å². The molecule has 4 heteroatoms. The first-order valence-electron chi connectivity index (χ1n) is 0.204. The van der Waals surface area contributed by atoms with E-state index in [0.717, 1.165) is 0 Å². The molecule has 0 spiro atoms. The third kappa shape index (κ3) is 12.7. The Hall–Kier alpha value is 0.921. The van der Waals surface area contributed by atoms with Crippen LogP contribution < -0.4 is 0 Å². The molecule has 0 atom stereocenters. The van der Waals surface area contributed by atoms with E-state index in [2.05, 4.69) is 5.59 Å². The molecular formula is HNOSiY. The molecule has 0 unspecified atom stereocenters. The summed E-state index contributed by atoms with van der Waals surface area (Å²) in [4.78, 5) is 7.50. The van der Waals surface area contributed by atoms with E-state index in [1.165, 1.54) is 0 Å². The van der Waals surface area contributed by atoms with Crippen molar-refractivity contribution in [3.63, 3.8) is 0 Å². The first-order valence-corrected chi connectivity index (χ1v) is 0.204. The van der Waals surface area contributed by atoms with E-state index in [9.17, 15) is 0 Å². The molecule has 2 nitrogen and oxygen atoms in total. The molecule has 0 aromatic carbocycles. The third-order valence-corrected chi connectivity index (χ3v) is 0. The summed E-state index contributed by atoms with van der Waals surface area (Å²) in [6.07, 6.45) is 0. The second kappa shape index (κ2) is 39.5. The average molecular weight is 148 g/mol. The fourth-order valence-corrected chi connectivity index (χ4v) is 0. The molecule has 0 fully saturated rings. The van der Waals surface area contributed by atoms with E-state index in [-0.39, 0.29) is 43.7 Å². The van der Waals surface area contributed by atoms with Crippen LogP contribution in [-0.2, 0) is 32.7 Å². The maximum atomic E-state index is 7.50. The fraction of sp³-hybridized carbons (Fsp3) is 0. The van der Waals surface area contributed by atoms with Crippen LogP contribution in [0.15, 0.2) is 0 Å². The third-order valence-electron chi connectivity index (χ3n) is 0. The summed E-state index contributed by atoms with van der Waals surface area (Å²) >= 11 is 0. The van der Waals surface area contributed by atoms with Gasteiger partial charge in [0.1, 0.15) is 0 Å². The van der Waals surface area contributed by atoms with Gasteiger partial charge in [0.25, 0.3) is 0 Å². The summed E-state index contributed by atoms with van der Waals surface area (Å²) in [6.45, 7) is 0. The normalized spacial score (nSPS) is 1.00. The Balaban J connectivity index is -0.00000000500. The minimum Gasteiger partial charge on any atom is -0.154 e. The monoisotopic (exact) mass is 148 g/mol. The van der Waals surface area contributed by atoms with Crippen molar-refractivity contribution in [1.82, 2.24) is 0 Å². The second-order valence-corrected chi connectivity index (χ2v) is 0. The smallest absolute Gasteiger partial charge is 0 e. The summed E-state index contributed by atoms with van der Waals surface area (Å²) in [7, 11) is 0. The molecule has 0 aromatic rings. The van der Waals surface area contributed by atoms with Crippen LogP contribution in [-0.4, -0.2) is 11.0 Å². The maximum Gasteiger partial charge on any atom is 0 e. The van der Waals surface area contributed by atoms with Crippen molar-refractivity contribution in [2.45, 2.75) is 0 Å². The van der Waals surface area contributed by atoms with Crippen molar-refractivity contribution in [3.8, 4) is 0 Å². The van der Waals surface area contributed by atoms with Crippen LogP contribution in [0.3, 0.4) is 0 Å². The topological polar surface area (TPSA) is 40.9 Å². The molecule has 0 bridgehead atoms. The van der Waals surface area contributed by atoms with Crippen molar-refractivity contribution in [2.24, 2.45) is 0 Å². The van der Waals surface area contributed by atoms with E-state index in [4.69, 9.17) is 4.91 Å². The van der Waals surface area contributed by atoms with Crippen LogP contribution in [0.4, 0.5) is 0 Å². The van der Waals surface area contributed by atoms with Gasteiger partial charge in [-0.25, -0.2) is 0 Å². The van der Waals surface area contributed by atoms with E-state index >= 15 is 0 Å². The second-order valence-electron chi connectivity index (χ2n) is 0. The van der Waals surface area contributed by atoms with Gasteiger partial charge in [0.2, 0.25) is 0 Å². The Morgan fingerprint density at radius 3 is 1.25 bits per heavy atom. The first-order chi connectivity index (χ1) is 1.00. The number of hydrogen-bond donors (Lipinski definition) is 1. The van der Waals surface area contributed by atoms with Crippen LogP contribution in [0.5, 0.6) is 0 Å². The Morgan fingerprint density at radius 2 is 1.25 bits per heavy atom. The zero-order valence-electron chi connectivity index (χ0n) is 1.99. The number of hydrogen-bond acceptors (Lipinski definition) is 2. The van der Waals surface area contributed by atoms with Gasteiger partial charge >= 0.3 is 0 Å². The van der Waals surface area contributed by atoms with Gasteiger partial charge in [0.05, 0.1) is 0 Å². The average Bonchev–Trinajstić information content (AvgIpc) is 1.00. The van der Waals surface area contributed by atoms with Crippen molar-refractivity contribution < 1.29 is 32.7 Å². The minimum atomic E-state index is 0. The zero-order valence-corrected chi connectivity index (χ0v) is 5.82. The van der Waals surface area contributed by atoms with Gasteiger partial charge in [0.15, 0.2) is 0 Å². The maximum absolute atomic E-state index is 7.50. The predicted octanol–water partition coefficient (Wildman–Crippen LogP) is -0.0517. The molecule has 19 valence electrons. The summed E-state index contributed by atoms with van der Waals surface area (Å²) < 4.78 is 0. The molecule has 0 saturated carbocycles. The Kier molecular flexibility index (Phi) is 202. The van der Waals surface area contributed by atoms with Crippen LogP contribution in [0.1, 0.15) is 0 Å². The van der Waals surface area contributed by atoms with Gasteiger partial charge in [-0.3, -0.25) is 0 Å². The Morgan fingerprint density at radius 1 is 1.25 bits per heavy atom. The van der Waals surface area contributed by atoms with E-state index in [0.29, 0.717) is 0 Å². The molecule has 0 aliphatic rings. The van der Waals surface area contributed by atoms with Gasteiger partial charge in [-0.2, -0.15) is 4.91 Å². The van der Waals surface area contributed by atoms with Gasteiger partial charge in [-0.15, -0.1) is 0 Å². The quantitative estimate of drug-likeness (QED) is 0.379. The van der Waals surface area contributed by atoms with Crippen molar-refractivity contribution >= 4 is 11.0 Å². The number of nitrogens with one attached hydrogen (secondary N) is 1. The Bertz CT molecular complexity index is 8.00. The van der Waals surface area contributed by atoms with Gasteiger partial charge < -0.3 is 0 Å². The van der Waals surface area contributed by atoms with Crippen LogP contribution in [0.2, 0.25) is 0 Å². The molecule has 0 heterocycles. The summed E-state index contributed by atoms with van der Waals surface area (Å²) in [5, 5.41) is 0. The molecular weight excluding hydrogens is 147 g/mol. The Labute approximate surface area is 54.0 Å². The molecule has 0 aliphatic heterocycles. The zero-order chi connectivity index (χ0) is 2.00. The SMILES string of the molecule is N=O.[Si].[Y]. The molecule has 4 heavy (non-hydrogen) atoms. The number of nitroso groups, excluding NO2 is 1. The minimum absolute atomic E-state index is 0.